The lowest BCUT2D eigenvalue weighted by molar-refractivity contribution is -0.122. The molecular formula is C8H14F3N3O. The van der Waals surface area contributed by atoms with Gasteiger partial charge in [-0.2, -0.15) is 13.2 Å². The Bertz CT molecular complexity index is 214. The summed E-state index contributed by atoms with van der Waals surface area (Å²) in [4.78, 5) is 11.0. The third-order valence-corrected chi connectivity index (χ3v) is 2.08. The minimum Gasteiger partial charge on any atom is -0.334 e. The van der Waals surface area contributed by atoms with Gasteiger partial charge in [0, 0.05) is 12.6 Å². The van der Waals surface area contributed by atoms with E-state index in [0.29, 0.717) is 6.54 Å². The highest BCUT2D eigenvalue weighted by Crippen LogP contribution is 2.12. The lowest BCUT2D eigenvalue weighted by Gasteiger charge is -2.24. The molecule has 7 heteroatoms. The fourth-order valence-electron chi connectivity index (χ4n) is 1.39. The molecule has 0 aromatic heterocycles. The molecule has 1 saturated heterocycles. The van der Waals surface area contributed by atoms with Crippen LogP contribution in [0.15, 0.2) is 0 Å². The number of carbonyl (C=O) groups excluding carboxylic acids is 1. The van der Waals surface area contributed by atoms with Gasteiger partial charge in [0.05, 0.1) is 0 Å². The lowest BCUT2D eigenvalue weighted by Crippen LogP contribution is -2.50. The molecule has 2 amide bonds. The number of nitrogens with one attached hydrogen (secondary N) is 3. The van der Waals surface area contributed by atoms with Gasteiger partial charge in [0.2, 0.25) is 0 Å². The highest BCUT2D eigenvalue weighted by Gasteiger charge is 2.28. The second-order valence-corrected chi connectivity index (χ2v) is 3.49. The van der Waals surface area contributed by atoms with Crippen molar-refractivity contribution < 1.29 is 18.0 Å². The van der Waals surface area contributed by atoms with E-state index >= 15 is 0 Å². The number of urea groups is 1. The Hall–Kier alpha value is -0.980. The van der Waals surface area contributed by atoms with Gasteiger partial charge in [-0.25, -0.2) is 4.79 Å². The molecule has 1 aliphatic rings. The molecule has 3 N–H and O–H groups in total. The van der Waals surface area contributed by atoms with Crippen molar-refractivity contribution in [2.75, 3.05) is 19.6 Å². The van der Waals surface area contributed by atoms with Crippen LogP contribution in [-0.4, -0.2) is 37.9 Å². The summed E-state index contributed by atoms with van der Waals surface area (Å²) in [6.07, 6.45) is -2.64. The molecule has 0 saturated carbocycles. The molecule has 1 heterocycles. The summed E-state index contributed by atoms with van der Waals surface area (Å²) >= 11 is 0. The van der Waals surface area contributed by atoms with Crippen molar-refractivity contribution in [2.45, 2.75) is 25.1 Å². The maximum atomic E-state index is 11.7. The van der Waals surface area contributed by atoms with Gasteiger partial charge in [-0.05, 0) is 19.4 Å². The van der Waals surface area contributed by atoms with E-state index in [-0.39, 0.29) is 6.04 Å². The molecule has 1 atom stereocenters. The van der Waals surface area contributed by atoms with Crippen LogP contribution in [0.5, 0.6) is 0 Å². The number of hydrogen-bond donors (Lipinski definition) is 3. The SMILES string of the molecule is O=C(NCC(F)(F)F)N[C@@H]1CCCNC1. The average Bonchev–Trinajstić information content (AvgIpc) is 2.15. The van der Waals surface area contributed by atoms with E-state index in [9.17, 15) is 18.0 Å². The number of amides is 2. The normalized spacial score (nSPS) is 22.2. The van der Waals surface area contributed by atoms with Crippen molar-refractivity contribution in [1.29, 1.82) is 0 Å². The molecule has 0 spiro atoms. The van der Waals surface area contributed by atoms with E-state index < -0.39 is 18.8 Å². The van der Waals surface area contributed by atoms with Crippen LogP contribution >= 0.6 is 0 Å². The molecule has 1 aliphatic heterocycles. The maximum absolute atomic E-state index is 11.7. The van der Waals surface area contributed by atoms with E-state index in [1.165, 1.54) is 0 Å². The molecular weight excluding hydrogens is 211 g/mol. The van der Waals surface area contributed by atoms with E-state index in [4.69, 9.17) is 0 Å². The fraction of sp³-hybridized carbons (Fsp3) is 0.875. The first kappa shape index (κ1) is 12.1. The Kier molecular flexibility index (Phi) is 4.19. The van der Waals surface area contributed by atoms with Gasteiger partial charge in [0.15, 0.2) is 0 Å². The van der Waals surface area contributed by atoms with E-state index in [1.807, 2.05) is 0 Å². The van der Waals surface area contributed by atoms with Crippen LogP contribution in [0.1, 0.15) is 12.8 Å². The van der Waals surface area contributed by atoms with Crippen molar-refractivity contribution >= 4 is 6.03 Å². The van der Waals surface area contributed by atoms with Gasteiger partial charge in [-0.15, -0.1) is 0 Å². The van der Waals surface area contributed by atoms with Crippen LogP contribution in [-0.2, 0) is 0 Å². The van der Waals surface area contributed by atoms with Gasteiger partial charge in [0.25, 0.3) is 0 Å². The van der Waals surface area contributed by atoms with Gasteiger partial charge < -0.3 is 16.0 Å². The van der Waals surface area contributed by atoms with Crippen LogP contribution < -0.4 is 16.0 Å². The minimum absolute atomic E-state index is 0.0769. The van der Waals surface area contributed by atoms with Crippen LogP contribution in [0.4, 0.5) is 18.0 Å². The molecule has 0 radical (unpaired) electrons. The van der Waals surface area contributed by atoms with E-state index in [1.54, 1.807) is 5.32 Å². The quantitative estimate of drug-likeness (QED) is 0.644. The Morgan fingerprint density at radius 1 is 1.47 bits per heavy atom. The molecule has 0 unspecified atom stereocenters. The molecule has 0 aliphatic carbocycles. The Balaban J connectivity index is 2.17. The minimum atomic E-state index is -4.36. The smallest absolute Gasteiger partial charge is 0.334 e. The highest BCUT2D eigenvalue weighted by molar-refractivity contribution is 5.74. The van der Waals surface area contributed by atoms with Crippen molar-refractivity contribution in [3.63, 3.8) is 0 Å². The fourth-order valence-corrected chi connectivity index (χ4v) is 1.39. The number of carbonyl (C=O) groups is 1. The first-order chi connectivity index (χ1) is 6.97. The van der Waals surface area contributed by atoms with Crippen LogP contribution in [0.25, 0.3) is 0 Å². The molecule has 1 fully saturated rings. The maximum Gasteiger partial charge on any atom is 0.405 e. The van der Waals surface area contributed by atoms with Crippen molar-refractivity contribution in [3.05, 3.63) is 0 Å². The zero-order valence-electron chi connectivity index (χ0n) is 8.16. The largest absolute Gasteiger partial charge is 0.405 e. The van der Waals surface area contributed by atoms with Gasteiger partial charge in [0.1, 0.15) is 6.54 Å². The van der Waals surface area contributed by atoms with Crippen LogP contribution in [0.2, 0.25) is 0 Å². The topological polar surface area (TPSA) is 53.2 Å². The van der Waals surface area contributed by atoms with E-state index in [0.717, 1.165) is 19.4 Å². The number of hydrogen-bond acceptors (Lipinski definition) is 2. The first-order valence-electron chi connectivity index (χ1n) is 4.79. The summed E-state index contributed by atoms with van der Waals surface area (Å²) in [5.41, 5.74) is 0. The summed E-state index contributed by atoms with van der Waals surface area (Å²) < 4.78 is 35.2. The summed E-state index contributed by atoms with van der Waals surface area (Å²) in [6, 6.07) is -0.840. The van der Waals surface area contributed by atoms with E-state index in [2.05, 4.69) is 10.6 Å². The number of piperidine rings is 1. The van der Waals surface area contributed by atoms with Gasteiger partial charge in [-0.1, -0.05) is 0 Å². The number of alkyl halides is 3. The van der Waals surface area contributed by atoms with Crippen molar-refractivity contribution in [3.8, 4) is 0 Å². The molecule has 15 heavy (non-hydrogen) atoms. The molecule has 1 rings (SSSR count). The second kappa shape index (κ2) is 5.20. The Morgan fingerprint density at radius 2 is 2.20 bits per heavy atom. The summed E-state index contributed by atoms with van der Waals surface area (Å²) in [5.74, 6) is 0. The lowest BCUT2D eigenvalue weighted by atomic mass is 10.1. The summed E-state index contributed by atoms with van der Waals surface area (Å²) in [5, 5.41) is 7.29. The van der Waals surface area contributed by atoms with Crippen molar-refractivity contribution in [1.82, 2.24) is 16.0 Å². The average molecular weight is 225 g/mol. The summed E-state index contributed by atoms with van der Waals surface area (Å²) in [6.45, 7) is 0.209. The number of rotatable bonds is 2. The number of halogens is 3. The monoisotopic (exact) mass is 225 g/mol. The molecule has 88 valence electrons. The third kappa shape index (κ3) is 5.46. The molecule has 0 bridgehead atoms. The molecule has 4 nitrogen and oxygen atoms in total. The van der Waals surface area contributed by atoms with Crippen LogP contribution in [0, 0.1) is 0 Å². The summed E-state index contributed by atoms with van der Waals surface area (Å²) in [7, 11) is 0. The zero-order chi connectivity index (χ0) is 11.3. The van der Waals surface area contributed by atoms with Crippen LogP contribution in [0.3, 0.4) is 0 Å². The predicted molar refractivity (Wildman–Crippen MR) is 48.5 cm³/mol. The second-order valence-electron chi connectivity index (χ2n) is 3.49. The Labute approximate surface area is 85.6 Å². The molecule has 0 aromatic rings. The third-order valence-electron chi connectivity index (χ3n) is 2.08. The van der Waals surface area contributed by atoms with Gasteiger partial charge >= 0.3 is 12.2 Å². The predicted octanol–water partition coefficient (Wildman–Crippen LogP) is 0.600. The van der Waals surface area contributed by atoms with Crippen molar-refractivity contribution in [2.24, 2.45) is 0 Å². The standard InChI is InChI=1S/C8H14F3N3O/c9-8(10,11)5-13-7(15)14-6-2-1-3-12-4-6/h6,12H,1-5H2,(H2,13,14,15)/t6-/m1/s1. The first-order valence-corrected chi connectivity index (χ1v) is 4.79. The molecule has 0 aromatic carbocycles. The Morgan fingerprint density at radius 3 is 2.73 bits per heavy atom. The highest BCUT2D eigenvalue weighted by atomic mass is 19.4. The van der Waals surface area contributed by atoms with Gasteiger partial charge in [-0.3, -0.25) is 0 Å². The zero-order valence-corrected chi connectivity index (χ0v) is 8.16.